The van der Waals surface area contributed by atoms with Crippen LogP contribution < -0.4 is 10.7 Å². The molecule has 88 valence electrons. The molecular formula is C10H15N3O2S. The van der Waals surface area contributed by atoms with Crippen LogP contribution in [0, 0.1) is 0 Å². The Morgan fingerprint density at radius 3 is 2.81 bits per heavy atom. The second-order valence-electron chi connectivity index (χ2n) is 4.16. The van der Waals surface area contributed by atoms with Gasteiger partial charge in [-0.2, -0.15) is 16.9 Å². The number of nitrogens with zero attached hydrogens (tertiary/aromatic N) is 1. The summed E-state index contributed by atoms with van der Waals surface area (Å²) in [6.45, 7) is 0.694. The fourth-order valence-electron chi connectivity index (χ4n) is 1.57. The monoisotopic (exact) mass is 241 g/mol. The zero-order chi connectivity index (χ0) is 11.6. The number of hydrazone groups is 1. The van der Waals surface area contributed by atoms with Gasteiger partial charge in [0.2, 0.25) is 5.91 Å². The highest BCUT2D eigenvalue weighted by Gasteiger charge is 2.42. The Morgan fingerprint density at radius 2 is 2.31 bits per heavy atom. The van der Waals surface area contributed by atoms with Gasteiger partial charge in [0.05, 0.1) is 0 Å². The van der Waals surface area contributed by atoms with Crippen molar-refractivity contribution >= 4 is 29.3 Å². The average molecular weight is 241 g/mol. The molecule has 2 amide bonds. The van der Waals surface area contributed by atoms with Crippen molar-refractivity contribution in [3.8, 4) is 0 Å². The predicted octanol–water partition coefficient (Wildman–Crippen LogP) is 0.264. The fourth-order valence-corrected chi connectivity index (χ4v) is 2.30. The van der Waals surface area contributed by atoms with E-state index < -0.39 is 0 Å². The minimum atomic E-state index is -0.152. The number of carbonyl (C=O) groups excluding carboxylic acids is 2. The summed E-state index contributed by atoms with van der Waals surface area (Å²) < 4.78 is 0.258. The van der Waals surface area contributed by atoms with E-state index in [1.165, 1.54) is 0 Å². The molecule has 0 saturated heterocycles. The molecule has 6 heteroatoms. The third-order valence-electron chi connectivity index (χ3n) is 2.98. The van der Waals surface area contributed by atoms with Crippen LogP contribution in [0.25, 0.3) is 0 Å². The van der Waals surface area contributed by atoms with Crippen LogP contribution in [0.15, 0.2) is 5.10 Å². The molecule has 5 nitrogen and oxygen atoms in total. The molecule has 0 radical (unpaired) electrons. The van der Waals surface area contributed by atoms with E-state index >= 15 is 0 Å². The normalized spacial score (nSPS) is 22.1. The Bertz CT molecular complexity index is 350. The van der Waals surface area contributed by atoms with E-state index in [0.717, 1.165) is 12.8 Å². The zero-order valence-electron chi connectivity index (χ0n) is 9.21. The van der Waals surface area contributed by atoms with Crippen LogP contribution in [0.1, 0.15) is 25.7 Å². The lowest BCUT2D eigenvalue weighted by molar-refractivity contribution is -0.121. The van der Waals surface area contributed by atoms with Crippen LogP contribution in [0.4, 0.5) is 0 Å². The van der Waals surface area contributed by atoms with Crippen LogP contribution in [-0.2, 0) is 9.59 Å². The number of nitrogens with one attached hydrogen (secondary N) is 2. The van der Waals surface area contributed by atoms with Crippen molar-refractivity contribution in [2.75, 3.05) is 12.8 Å². The molecule has 1 saturated carbocycles. The topological polar surface area (TPSA) is 70.6 Å². The molecule has 2 rings (SSSR count). The quantitative estimate of drug-likeness (QED) is 0.742. The third kappa shape index (κ3) is 2.55. The lowest BCUT2D eigenvalue weighted by Crippen LogP contribution is -2.39. The van der Waals surface area contributed by atoms with Crippen molar-refractivity contribution < 1.29 is 9.59 Å². The highest BCUT2D eigenvalue weighted by molar-refractivity contribution is 8.00. The first-order valence-corrected chi connectivity index (χ1v) is 6.56. The van der Waals surface area contributed by atoms with Crippen molar-refractivity contribution in [1.29, 1.82) is 0 Å². The van der Waals surface area contributed by atoms with Gasteiger partial charge in [-0.3, -0.25) is 9.59 Å². The molecular weight excluding hydrogens is 226 g/mol. The largest absolute Gasteiger partial charge is 0.350 e. The summed E-state index contributed by atoms with van der Waals surface area (Å²) in [5.41, 5.74) is 2.75. The van der Waals surface area contributed by atoms with Gasteiger partial charge in [0, 0.05) is 24.1 Å². The molecule has 1 aliphatic carbocycles. The molecule has 0 aromatic heterocycles. The van der Waals surface area contributed by atoms with E-state index in [1.54, 1.807) is 11.8 Å². The summed E-state index contributed by atoms with van der Waals surface area (Å²) in [5.74, 6) is -0.278. The molecule has 0 unspecified atom stereocenters. The summed E-state index contributed by atoms with van der Waals surface area (Å²) in [7, 11) is 0. The summed E-state index contributed by atoms with van der Waals surface area (Å²) in [4.78, 5) is 22.5. The van der Waals surface area contributed by atoms with E-state index in [2.05, 4.69) is 22.1 Å². The van der Waals surface area contributed by atoms with E-state index in [4.69, 9.17) is 0 Å². The SMILES string of the molecule is CSC1(CNC(=O)C2=NNC(=O)CC2)CC1. The maximum absolute atomic E-state index is 11.7. The van der Waals surface area contributed by atoms with Gasteiger partial charge in [0.1, 0.15) is 5.71 Å². The first kappa shape index (κ1) is 11.4. The molecule has 16 heavy (non-hydrogen) atoms. The van der Waals surface area contributed by atoms with E-state index in [9.17, 15) is 9.59 Å². The number of thioether (sulfide) groups is 1. The Morgan fingerprint density at radius 1 is 1.56 bits per heavy atom. The smallest absolute Gasteiger partial charge is 0.267 e. The average Bonchev–Trinajstić information content (AvgIpc) is 3.08. The molecule has 1 fully saturated rings. The molecule has 2 aliphatic rings. The lowest BCUT2D eigenvalue weighted by atomic mass is 10.1. The first-order valence-electron chi connectivity index (χ1n) is 5.34. The lowest BCUT2D eigenvalue weighted by Gasteiger charge is -2.15. The van der Waals surface area contributed by atoms with Gasteiger partial charge in [-0.15, -0.1) is 0 Å². The Hall–Kier alpha value is -1.04. The van der Waals surface area contributed by atoms with E-state index in [-0.39, 0.29) is 16.6 Å². The standard InChI is InChI=1S/C10H15N3O2S/c1-16-10(4-5-10)6-11-9(15)7-2-3-8(14)13-12-7/h2-6H2,1H3,(H,11,15)(H,13,14). The van der Waals surface area contributed by atoms with E-state index in [0.29, 0.717) is 25.1 Å². The Labute approximate surface area is 98.4 Å². The summed E-state index contributed by atoms with van der Waals surface area (Å²) >= 11 is 1.80. The van der Waals surface area contributed by atoms with Gasteiger partial charge in [-0.05, 0) is 19.1 Å². The number of amides is 2. The van der Waals surface area contributed by atoms with Gasteiger partial charge >= 0.3 is 0 Å². The highest BCUT2D eigenvalue weighted by atomic mass is 32.2. The second kappa shape index (κ2) is 4.45. The van der Waals surface area contributed by atoms with Crippen LogP contribution in [-0.4, -0.2) is 35.1 Å². The molecule has 2 N–H and O–H groups in total. The molecule has 0 aromatic rings. The maximum Gasteiger partial charge on any atom is 0.267 e. The van der Waals surface area contributed by atoms with Gasteiger partial charge in [-0.25, -0.2) is 5.43 Å². The van der Waals surface area contributed by atoms with Crippen molar-refractivity contribution in [1.82, 2.24) is 10.7 Å². The molecule has 0 aromatic carbocycles. The van der Waals surface area contributed by atoms with Gasteiger partial charge in [0.25, 0.3) is 5.91 Å². The number of rotatable bonds is 4. The molecule has 1 aliphatic heterocycles. The fraction of sp³-hybridized carbons (Fsp3) is 0.700. The zero-order valence-corrected chi connectivity index (χ0v) is 10.0. The first-order chi connectivity index (χ1) is 7.65. The minimum absolute atomic E-state index is 0.126. The summed E-state index contributed by atoms with van der Waals surface area (Å²) in [5, 5.41) is 6.63. The highest BCUT2D eigenvalue weighted by Crippen LogP contribution is 2.46. The van der Waals surface area contributed by atoms with E-state index in [1.807, 2.05) is 0 Å². The second-order valence-corrected chi connectivity index (χ2v) is 5.44. The van der Waals surface area contributed by atoms with Crippen molar-refractivity contribution in [2.24, 2.45) is 5.10 Å². The van der Waals surface area contributed by atoms with Crippen molar-refractivity contribution in [2.45, 2.75) is 30.4 Å². The van der Waals surface area contributed by atoms with Crippen molar-refractivity contribution in [3.63, 3.8) is 0 Å². The maximum atomic E-state index is 11.7. The van der Waals surface area contributed by atoms with Crippen LogP contribution >= 0.6 is 11.8 Å². The molecule has 0 atom stereocenters. The predicted molar refractivity (Wildman–Crippen MR) is 63.3 cm³/mol. The molecule has 0 spiro atoms. The number of carbonyl (C=O) groups is 2. The van der Waals surface area contributed by atoms with Crippen LogP contribution in [0.3, 0.4) is 0 Å². The summed E-state index contributed by atoms with van der Waals surface area (Å²) in [6, 6.07) is 0. The third-order valence-corrected chi connectivity index (χ3v) is 4.40. The summed E-state index contributed by atoms with van der Waals surface area (Å²) in [6.07, 6.45) is 5.18. The van der Waals surface area contributed by atoms with Crippen LogP contribution in [0.2, 0.25) is 0 Å². The Kier molecular flexibility index (Phi) is 3.18. The van der Waals surface area contributed by atoms with Crippen LogP contribution in [0.5, 0.6) is 0 Å². The molecule has 0 bridgehead atoms. The Balaban J connectivity index is 1.82. The van der Waals surface area contributed by atoms with Crippen molar-refractivity contribution in [3.05, 3.63) is 0 Å². The molecule has 1 heterocycles. The minimum Gasteiger partial charge on any atom is -0.350 e. The van der Waals surface area contributed by atoms with Gasteiger partial charge in [-0.1, -0.05) is 0 Å². The van der Waals surface area contributed by atoms with Gasteiger partial charge in [0.15, 0.2) is 0 Å². The van der Waals surface area contributed by atoms with Gasteiger partial charge < -0.3 is 5.32 Å². The number of hydrogen-bond acceptors (Lipinski definition) is 4. The number of hydrogen-bond donors (Lipinski definition) is 2.